The molecule has 2 rings (SSSR count). The summed E-state index contributed by atoms with van der Waals surface area (Å²) >= 11 is 0. The number of carbonyl (C=O) groups is 1. The Morgan fingerprint density at radius 3 is 2.38 bits per heavy atom. The lowest BCUT2D eigenvalue weighted by Crippen LogP contribution is -2.46. The Bertz CT molecular complexity index is 579. The molecule has 5 nitrogen and oxygen atoms in total. The molecule has 0 bridgehead atoms. The summed E-state index contributed by atoms with van der Waals surface area (Å²) in [5.41, 5.74) is 0.543. The predicted molar refractivity (Wildman–Crippen MR) is 93.7 cm³/mol. The topological polar surface area (TPSA) is 48.0 Å². The van der Waals surface area contributed by atoms with Crippen molar-refractivity contribution in [1.29, 1.82) is 0 Å². The highest BCUT2D eigenvalue weighted by atomic mass is 16.6. The summed E-state index contributed by atoms with van der Waals surface area (Å²) in [5.74, 6) is 1.37. The van der Waals surface area contributed by atoms with Crippen molar-refractivity contribution in [3.8, 4) is 11.5 Å². The van der Waals surface area contributed by atoms with E-state index in [1.165, 1.54) is 0 Å². The van der Waals surface area contributed by atoms with Gasteiger partial charge < -0.3 is 14.2 Å². The van der Waals surface area contributed by atoms with Crippen molar-refractivity contribution < 1.29 is 19.0 Å². The van der Waals surface area contributed by atoms with Gasteiger partial charge in [-0.25, -0.2) is 4.79 Å². The van der Waals surface area contributed by atoms with E-state index in [1.54, 1.807) is 14.2 Å². The Morgan fingerprint density at radius 2 is 1.79 bits per heavy atom. The van der Waals surface area contributed by atoms with E-state index in [4.69, 9.17) is 14.2 Å². The molecule has 1 saturated heterocycles. The van der Waals surface area contributed by atoms with E-state index >= 15 is 0 Å². The lowest BCUT2D eigenvalue weighted by Gasteiger charge is -2.41. The molecule has 0 aromatic heterocycles. The van der Waals surface area contributed by atoms with Gasteiger partial charge in [-0.05, 0) is 64.7 Å². The van der Waals surface area contributed by atoms with E-state index in [1.807, 2.05) is 43.9 Å². The normalized spacial score (nSPS) is 21.3. The molecule has 1 aliphatic rings. The third-order valence-corrected chi connectivity index (χ3v) is 4.31. The Balaban J connectivity index is 2.33. The number of hydrogen-bond acceptors (Lipinski definition) is 4. The highest BCUT2D eigenvalue weighted by Crippen LogP contribution is 2.38. The van der Waals surface area contributed by atoms with Crippen LogP contribution in [0.2, 0.25) is 0 Å². The number of hydrogen-bond donors (Lipinski definition) is 0. The number of likely N-dealkylation sites (tertiary alicyclic amines) is 1. The van der Waals surface area contributed by atoms with Crippen molar-refractivity contribution in [2.24, 2.45) is 0 Å². The number of rotatable bonds is 3. The molecule has 2 atom stereocenters. The second-order valence-electron chi connectivity index (χ2n) is 7.30. The van der Waals surface area contributed by atoms with Crippen LogP contribution in [0.5, 0.6) is 11.5 Å². The van der Waals surface area contributed by atoms with E-state index in [0.29, 0.717) is 11.5 Å². The summed E-state index contributed by atoms with van der Waals surface area (Å²) in [6.07, 6.45) is 2.73. The molecule has 1 aromatic rings. The molecule has 1 aliphatic heterocycles. The van der Waals surface area contributed by atoms with E-state index in [9.17, 15) is 4.79 Å². The minimum atomic E-state index is -0.504. The van der Waals surface area contributed by atoms with Gasteiger partial charge in [0.25, 0.3) is 0 Å². The van der Waals surface area contributed by atoms with E-state index in [2.05, 4.69) is 6.92 Å². The van der Waals surface area contributed by atoms with Crippen molar-refractivity contribution in [1.82, 2.24) is 4.90 Å². The van der Waals surface area contributed by atoms with Crippen molar-refractivity contribution in [3.63, 3.8) is 0 Å². The zero-order valence-corrected chi connectivity index (χ0v) is 15.6. The van der Waals surface area contributed by atoms with E-state index in [0.717, 1.165) is 24.8 Å². The second-order valence-corrected chi connectivity index (χ2v) is 7.30. The van der Waals surface area contributed by atoms with Crippen molar-refractivity contribution in [2.75, 3.05) is 14.2 Å². The van der Waals surface area contributed by atoms with Crippen molar-refractivity contribution in [2.45, 2.75) is 64.6 Å². The molecule has 0 radical (unpaired) electrons. The molecule has 0 spiro atoms. The molecule has 0 saturated carbocycles. The number of amides is 1. The van der Waals surface area contributed by atoms with Crippen LogP contribution in [0.3, 0.4) is 0 Å². The van der Waals surface area contributed by atoms with Crippen LogP contribution < -0.4 is 9.47 Å². The van der Waals surface area contributed by atoms with Crippen molar-refractivity contribution >= 4 is 6.09 Å². The third kappa shape index (κ3) is 4.13. The number of nitrogens with zero attached hydrogens (tertiary/aromatic N) is 1. The molecule has 1 aromatic carbocycles. The summed E-state index contributed by atoms with van der Waals surface area (Å²) in [7, 11) is 3.24. The van der Waals surface area contributed by atoms with Crippen LogP contribution >= 0.6 is 0 Å². The van der Waals surface area contributed by atoms with Gasteiger partial charge in [-0.3, -0.25) is 4.90 Å². The number of carbonyl (C=O) groups excluding carboxylic acids is 1. The van der Waals surface area contributed by atoms with Crippen LogP contribution in [0.15, 0.2) is 18.2 Å². The number of ether oxygens (including phenoxy) is 3. The third-order valence-electron chi connectivity index (χ3n) is 4.31. The Morgan fingerprint density at radius 1 is 1.12 bits per heavy atom. The maximum atomic E-state index is 12.7. The molecule has 5 heteroatoms. The molecule has 1 heterocycles. The molecular formula is C19H29NO4. The Labute approximate surface area is 144 Å². The standard InChI is InChI=1S/C19H29NO4/c1-13-8-7-9-15(20(13)18(21)24-19(2,3)4)14-10-11-16(22-5)17(12-14)23-6/h10-13,15H,7-9H2,1-6H3/t13-,15+/m0/s1. The number of benzene rings is 1. The Kier molecular flexibility index (Phi) is 5.62. The molecule has 0 aliphatic carbocycles. The van der Waals surface area contributed by atoms with Crippen LogP contribution in [-0.4, -0.2) is 36.9 Å². The first-order valence-electron chi connectivity index (χ1n) is 8.50. The molecule has 0 N–H and O–H groups in total. The molecule has 24 heavy (non-hydrogen) atoms. The second kappa shape index (κ2) is 7.32. The van der Waals surface area contributed by atoms with Crippen LogP contribution in [0.1, 0.15) is 58.6 Å². The lowest BCUT2D eigenvalue weighted by atomic mass is 9.91. The van der Waals surface area contributed by atoms with Gasteiger partial charge in [-0.15, -0.1) is 0 Å². The smallest absolute Gasteiger partial charge is 0.411 e. The zero-order valence-electron chi connectivity index (χ0n) is 15.6. The molecular weight excluding hydrogens is 306 g/mol. The average molecular weight is 335 g/mol. The molecule has 0 unspecified atom stereocenters. The van der Waals surface area contributed by atoms with Gasteiger partial charge in [-0.1, -0.05) is 6.07 Å². The summed E-state index contributed by atoms with van der Waals surface area (Å²) in [6.45, 7) is 7.76. The minimum Gasteiger partial charge on any atom is -0.493 e. The van der Waals surface area contributed by atoms with Crippen LogP contribution in [-0.2, 0) is 4.74 Å². The zero-order chi connectivity index (χ0) is 17.9. The summed E-state index contributed by atoms with van der Waals surface area (Å²) in [6, 6.07) is 5.98. The largest absolute Gasteiger partial charge is 0.493 e. The summed E-state index contributed by atoms with van der Waals surface area (Å²) < 4.78 is 16.4. The van der Waals surface area contributed by atoms with Gasteiger partial charge in [0.05, 0.1) is 20.3 Å². The predicted octanol–water partition coefficient (Wildman–Crippen LogP) is 4.55. The lowest BCUT2D eigenvalue weighted by molar-refractivity contribution is -0.00328. The van der Waals surface area contributed by atoms with Crippen LogP contribution in [0, 0.1) is 0 Å². The quantitative estimate of drug-likeness (QED) is 0.813. The number of piperidine rings is 1. The average Bonchev–Trinajstić information content (AvgIpc) is 2.52. The SMILES string of the molecule is COc1ccc([C@H]2CCC[C@H](C)N2C(=O)OC(C)(C)C)cc1OC. The minimum absolute atomic E-state index is 0.0107. The van der Waals surface area contributed by atoms with Crippen LogP contribution in [0.25, 0.3) is 0 Å². The van der Waals surface area contributed by atoms with Crippen LogP contribution in [0.4, 0.5) is 4.79 Å². The van der Waals surface area contributed by atoms with Gasteiger partial charge >= 0.3 is 6.09 Å². The Hall–Kier alpha value is -1.91. The first kappa shape index (κ1) is 18.4. The monoisotopic (exact) mass is 335 g/mol. The fourth-order valence-corrected chi connectivity index (χ4v) is 3.20. The highest BCUT2D eigenvalue weighted by Gasteiger charge is 2.35. The van der Waals surface area contributed by atoms with E-state index in [-0.39, 0.29) is 18.2 Å². The van der Waals surface area contributed by atoms with Gasteiger partial charge in [0, 0.05) is 6.04 Å². The first-order chi connectivity index (χ1) is 11.3. The summed E-state index contributed by atoms with van der Waals surface area (Å²) in [4.78, 5) is 14.6. The van der Waals surface area contributed by atoms with Gasteiger partial charge in [0.15, 0.2) is 11.5 Å². The fraction of sp³-hybridized carbons (Fsp3) is 0.632. The number of methoxy groups -OCH3 is 2. The van der Waals surface area contributed by atoms with Gasteiger partial charge in [0.1, 0.15) is 5.60 Å². The fourth-order valence-electron chi connectivity index (χ4n) is 3.20. The van der Waals surface area contributed by atoms with Crippen molar-refractivity contribution in [3.05, 3.63) is 23.8 Å². The molecule has 1 amide bonds. The maximum absolute atomic E-state index is 12.7. The summed E-state index contributed by atoms with van der Waals surface area (Å²) in [5, 5.41) is 0. The highest BCUT2D eigenvalue weighted by molar-refractivity contribution is 5.69. The van der Waals surface area contributed by atoms with Gasteiger partial charge in [-0.2, -0.15) is 0 Å². The van der Waals surface area contributed by atoms with Gasteiger partial charge in [0.2, 0.25) is 0 Å². The van der Waals surface area contributed by atoms with E-state index < -0.39 is 5.60 Å². The first-order valence-corrected chi connectivity index (χ1v) is 8.50. The molecule has 1 fully saturated rings. The molecule has 134 valence electrons. The maximum Gasteiger partial charge on any atom is 0.411 e.